The third kappa shape index (κ3) is 5.57. The van der Waals surface area contributed by atoms with Crippen molar-refractivity contribution in [2.24, 2.45) is 0 Å². The largest absolute Gasteiger partial charge is 0.379 e. The number of urea groups is 1. The zero-order valence-electron chi connectivity index (χ0n) is 19.0. The summed E-state index contributed by atoms with van der Waals surface area (Å²) in [6.07, 6.45) is 3.60. The number of amides is 4. The zero-order valence-corrected chi connectivity index (χ0v) is 19.9. The predicted molar refractivity (Wildman–Crippen MR) is 124 cm³/mol. The highest BCUT2D eigenvalue weighted by Gasteiger charge is 2.52. The first-order valence-electron chi connectivity index (χ1n) is 11.6. The number of sulfonamides is 1. The van der Waals surface area contributed by atoms with Crippen LogP contribution in [0.2, 0.25) is 0 Å². The Morgan fingerprint density at radius 3 is 2.44 bits per heavy atom. The van der Waals surface area contributed by atoms with E-state index >= 15 is 0 Å². The summed E-state index contributed by atoms with van der Waals surface area (Å²) >= 11 is 0. The second-order valence-corrected chi connectivity index (χ2v) is 10.7. The molecule has 2 saturated heterocycles. The number of hydrogen-bond donors (Lipinski definition) is 3. The van der Waals surface area contributed by atoms with E-state index < -0.39 is 34.0 Å². The van der Waals surface area contributed by atoms with E-state index in [4.69, 9.17) is 4.74 Å². The fourth-order valence-corrected chi connectivity index (χ4v) is 5.69. The molecule has 34 heavy (non-hydrogen) atoms. The third-order valence-corrected chi connectivity index (χ3v) is 7.98. The summed E-state index contributed by atoms with van der Waals surface area (Å²) in [5.41, 5.74) is -0.485. The van der Waals surface area contributed by atoms with Crippen LogP contribution in [0.3, 0.4) is 0 Å². The van der Waals surface area contributed by atoms with Gasteiger partial charge in [0.15, 0.2) is 0 Å². The van der Waals surface area contributed by atoms with Gasteiger partial charge in [-0.1, -0.05) is 12.8 Å². The molecule has 0 bridgehead atoms. The molecular weight excluding hydrogens is 462 g/mol. The number of imide groups is 1. The van der Waals surface area contributed by atoms with Gasteiger partial charge in [-0.25, -0.2) is 17.9 Å². The first kappa shape index (κ1) is 24.6. The van der Waals surface area contributed by atoms with Crippen LogP contribution in [0.1, 0.15) is 32.1 Å². The Kier molecular flexibility index (Phi) is 7.51. The Morgan fingerprint density at radius 2 is 1.76 bits per heavy atom. The van der Waals surface area contributed by atoms with E-state index in [-0.39, 0.29) is 10.8 Å². The smallest absolute Gasteiger partial charge is 0.325 e. The monoisotopic (exact) mass is 493 g/mol. The number of nitrogens with one attached hydrogen (secondary N) is 3. The Morgan fingerprint density at radius 1 is 1.09 bits per heavy atom. The molecule has 4 amide bonds. The number of ether oxygens (including phenoxy) is 1. The molecule has 12 heteroatoms. The van der Waals surface area contributed by atoms with E-state index in [9.17, 15) is 22.8 Å². The summed E-state index contributed by atoms with van der Waals surface area (Å²) in [5, 5.41) is 5.35. The minimum Gasteiger partial charge on any atom is -0.379 e. The molecular formula is C22H31N5O6S. The molecule has 3 fully saturated rings. The molecule has 3 N–H and O–H groups in total. The van der Waals surface area contributed by atoms with Crippen LogP contribution < -0.4 is 15.4 Å². The highest BCUT2D eigenvalue weighted by molar-refractivity contribution is 7.89. The molecule has 0 aromatic heterocycles. The molecule has 1 aromatic rings. The molecule has 4 rings (SSSR count). The molecule has 1 spiro atoms. The summed E-state index contributed by atoms with van der Waals surface area (Å²) in [7, 11) is -3.67. The average molecular weight is 494 g/mol. The Balaban J connectivity index is 1.25. The SMILES string of the molecule is O=C(CN1C(=O)NC2(CCCC2)C1=O)Nc1ccc(S(=O)(=O)NCCCN2CCOCC2)cc1. The van der Waals surface area contributed by atoms with Crippen LogP contribution in [-0.4, -0.2) is 87.5 Å². The fourth-order valence-electron chi connectivity index (χ4n) is 4.62. The Bertz CT molecular complexity index is 1020. The van der Waals surface area contributed by atoms with E-state index in [1.165, 1.54) is 24.3 Å². The number of anilines is 1. The topological polar surface area (TPSA) is 137 Å². The van der Waals surface area contributed by atoms with Gasteiger partial charge in [0.1, 0.15) is 12.1 Å². The Hall–Kier alpha value is -2.54. The number of morpholine rings is 1. The number of benzene rings is 1. The average Bonchev–Trinajstić information content (AvgIpc) is 3.38. The van der Waals surface area contributed by atoms with Crippen molar-refractivity contribution in [3.8, 4) is 0 Å². The number of hydrogen-bond acceptors (Lipinski definition) is 7. The van der Waals surface area contributed by atoms with Gasteiger partial charge in [0, 0.05) is 25.3 Å². The lowest BCUT2D eigenvalue weighted by molar-refractivity contribution is -0.133. The second kappa shape index (κ2) is 10.4. The lowest BCUT2D eigenvalue weighted by atomic mass is 9.98. The molecule has 2 aliphatic heterocycles. The van der Waals surface area contributed by atoms with Crippen molar-refractivity contribution in [2.45, 2.75) is 42.5 Å². The van der Waals surface area contributed by atoms with Gasteiger partial charge in [-0.3, -0.25) is 19.4 Å². The van der Waals surface area contributed by atoms with Crippen LogP contribution >= 0.6 is 0 Å². The van der Waals surface area contributed by atoms with Crippen LogP contribution in [-0.2, 0) is 24.3 Å². The van der Waals surface area contributed by atoms with Crippen molar-refractivity contribution >= 4 is 33.6 Å². The van der Waals surface area contributed by atoms with E-state index in [0.717, 1.165) is 37.4 Å². The molecule has 3 aliphatic rings. The molecule has 1 aliphatic carbocycles. The van der Waals surface area contributed by atoms with Crippen LogP contribution in [0.5, 0.6) is 0 Å². The normalized spacial score (nSPS) is 20.6. The molecule has 1 saturated carbocycles. The summed E-state index contributed by atoms with van der Waals surface area (Å²) in [6.45, 7) is 3.86. The maximum Gasteiger partial charge on any atom is 0.325 e. The first-order chi connectivity index (χ1) is 16.3. The number of carbonyl (C=O) groups excluding carboxylic acids is 3. The van der Waals surface area contributed by atoms with Crippen molar-refractivity contribution in [1.29, 1.82) is 0 Å². The molecule has 186 valence electrons. The summed E-state index contributed by atoms with van der Waals surface area (Å²) in [6, 6.07) is 5.21. The summed E-state index contributed by atoms with van der Waals surface area (Å²) in [5.74, 6) is -0.887. The first-order valence-corrected chi connectivity index (χ1v) is 13.1. The quantitative estimate of drug-likeness (QED) is 0.336. The lowest BCUT2D eigenvalue weighted by Gasteiger charge is -2.26. The minimum atomic E-state index is -3.67. The van der Waals surface area contributed by atoms with Crippen molar-refractivity contribution < 1.29 is 27.5 Å². The molecule has 2 heterocycles. The highest BCUT2D eigenvalue weighted by atomic mass is 32.2. The maximum atomic E-state index is 12.7. The second-order valence-electron chi connectivity index (χ2n) is 8.89. The minimum absolute atomic E-state index is 0.0918. The van der Waals surface area contributed by atoms with Gasteiger partial charge in [0.25, 0.3) is 5.91 Å². The van der Waals surface area contributed by atoms with Gasteiger partial charge in [-0.15, -0.1) is 0 Å². The molecule has 1 aromatic carbocycles. The summed E-state index contributed by atoms with van der Waals surface area (Å²) in [4.78, 5) is 40.6. The van der Waals surface area contributed by atoms with Gasteiger partial charge in [0.2, 0.25) is 15.9 Å². The van der Waals surface area contributed by atoms with Crippen molar-refractivity contribution in [3.63, 3.8) is 0 Å². The molecule has 0 radical (unpaired) electrons. The van der Waals surface area contributed by atoms with Crippen LogP contribution in [0.4, 0.5) is 10.5 Å². The van der Waals surface area contributed by atoms with Crippen LogP contribution in [0.15, 0.2) is 29.2 Å². The zero-order chi connectivity index (χ0) is 24.2. The molecule has 11 nitrogen and oxygen atoms in total. The van der Waals surface area contributed by atoms with Crippen molar-refractivity contribution in [3.05, 3.63) is 24.3 Å². The fraction of sp³-hybridized carbons (Fsp3) is 0.591. The van der Waals surface area contributed by atoms with Gasteiger partial charge in [-0.05, 0) is 50.1 Å². The standard InChI is InChI=1S/C22H31N5O6S/c28-19(16-27-20(29)22(25-21(27)30)8-1-2-9-22)24-17-4-6-18(7-5-17)34(31,32)23-10-3-11-26-12-14-33-15-13-26/h4-7,23H,1-3,8-16H2,(H,24,28)(H,25,30). The van der Waals surface area contributed by atoms with Gasteiger partial charge in [0.05, 0.1) is 18.1 Å². The van der Waals surface area contributed by atoms with E-state index in [1.54, 1.807) is 0 Å². The van der Waals surface area contributed by atoms with E-state index in [1.807, 2.05) is 0 Å². The van der Waals surface area contributed by atoms with Crippen LogP contribution in [0, 0.1) is 0 Å². The number of nitrogens with zero attached hydrogens (tertiary/aromatic N) is 2. The third-order valence-electron chi connectivity index (χ3n) is 6.50. The van der Waals surface area contributed by atoms with E-state index in [2.05, 4.69) is 20.3 Å². The maximum absolute atomic E-state index is 12.7. The number of carbonyl (C=O) groups is 3. The van der Waals surface area contributed by atoms with Gasteiger partial charge in [-0.2, -0.15) is 0 Å². The van der Waals surface area contributed by atoms with Crippen LogP contribution in [0.25, 0.3) is 0 Å². The van der Waals surface area contributed by atoms with Gasteiger partial charge >= 0.3 is 6.03 Å². The highest BCUT2D eigenvalue weighted by Crippen LogP contribution is 2.34. The predicted octanol–water partition coefficient (Wildman–Crippen LogP) is 0.490. The van der Waals surface area contributed by atoms with Crippen molar-refractivity contribution in [2.75, 3.05) is 51.3 Å². The summed E-state index contributed by atoms with van der Waals surface area (Å²) < 4.78 is 32.9. The molecule has 0 unspecified atom stereocenters. The lowest BCUT2D eigenvalue weighted by Crippen LogP contribution is -2.44. The van der Waals surface area contributed by atoms with Crippen molar-refractivity contribution in [1.82, 2.24) is 19.8 Å². The molecule has 0 atom stereocenters. The number of rotatable bonds is 9. The van der Waals surface area contributed by atoms with Gasteiger partial charge < -0.3 is 15.4 Å². The van der Waals surface area contributed by atoms with E-state index in [0.29, 0.717) is 44.7 Å². The Labute approximate surface area is 199 Å².